The van der Waals surface area contributed by atoms with Gasteiger partial charge in [0.1, 0.15) is 0 Å². The topological polar surface area (TPSA) is 111 Å². The van der Waals surface area contributed by atoms with Gasteiger partial charge in [0, 0.05) is 0 Å². The van der Waals surface area contributed by atoms with Crippen LogP contribution in [0.2, 0.25) is 0 Å². The molecule has 0 rings (SSSR count). The second kappa shape index (κ2) is 3.25. The van der Waals surface area contributed by atoms with E-state index in [9.17, 15) is 4.79 Å². The third kappa shape index (κ3) is 5.21. The normalized spacial score (nSPS) is 8.25. The number of hydroxylamine groups is 1. The highest BCUT2D eigenvalue weighted by Crippen LogP contribution is 1.61. The molecule has 0 heterocycles. The summed E-state index contributed by atoms with van der Waals surface area (Å²) in [6.07, 6.45) is 0. The quantitative estimate of drug-likeness (QED) is 0.238. The fourth-order valence-electron chi connectivity index (χ4n) is 0.118. The lowest BCUT2D eigenvalue weighted by atomic mass is 10.2. The molecule has 0 fully saturated rings. The van der Waals surface area contributed by atoms with Crippen molar-refractivity contribution in [3.8, 4) is 0 Å². The molecule has 0 saturated heterocycles. The number of carbonyl (C=O) groups excluding carboxylic acids is 1. The van der Waals surface area contributed by atoms with Gasteiger partial charge in [-0.05, 0) is 0 Å². The third-order valence-corrected chi connectivity index (χ3v) is 0.280. The van der Waals surface area contributed by atoms with Crippen LogP contribution in [0.1, 0.15) is 0 Å². The highest BCUT2D eigenvalue weighted by atomic mass is 16.7. The summed E-state index contributed by atoms with van der Waals surface area (Å²) in [6.45, 7) is 0. The van der Waals surface area contributed by atoms with Gasteiger partial charge in [-0.3, -0.25) is 4.76 Å². The highest BCUT2D eigenvalue weighted by molar-refractivity contribution is 6.38. The van der Waals surface area contributed by atoms with Crippen LogP contribution in [0.4, 0.5) is 4.79 Å². The van der Waals surface area contributed by atoms with Crippen LogP contribution < -0.4 is 16.9 Å². The molecule has 0 aromatic rings. The summed E-state index contributed by atoms with van der Waals surface area (Å²) in [5.41, 5.74) is 10.7. The molecule has 0 spiro atoms. The van der Waals surface area contributed by atoms with Gasteiger partial charge in [-0.1, -0.05) is 0 Å². The van der Waals surface area contributed by atoms with Gasteiger partial charge in [0.15, 0.2) is 0 Å². The number of hydrogen-bond donors (Lipinski definition) is 4. The molecule has 0 aliphatic rings. The Bertz CT molecular complexity index is 84.6. The Morgan fingerprint density at radius 3 is 2.50 bits per heavy atom. The van der Waals surface area contributed by atoms with Crippen molar-refractivity contribution >= 4 is 13.3 Å². The van der Waals surface area contributed by atoms with Crippen molar-refractivity contribution in [3.05, 3.63) is 0 Å². The first-order valence-corrected chi connectivity index (χ1v) is 1.77. The zero-order valence-electron chi connectivity index (χ0n) is 4.00. The number of rotatable bonds is 2. The molecule has 0 aliphatic carbocycles. The highest BCUT2D eigenvalue weighted by Gasteiger charge is 2.04. The maximum absolute atomic E-state index is 9.72. The van der Waals surface area contributed by atoms with E-state index in [4.69, 9.17) is 5.02 Å². The maximum Gasteiger partial charge on any atom is 0.571 e. The monoisotopic (exact) mass is 119 g/mol. The Hall–Kier alpha value is -0.785. The molecule has 0 bridgehead atoms. The maximum atomic E-state index is 9.72. The van der Waals surface area contributed by atoms with Crippen molar-refractivity contribution in [1.82, 2.24) is 5.48 Å². The van der Waals surface area contributed by atoms with Gasteiger partial charge < -0.3 is 16.4 Å². The van der Waals surface area contributed by atoms with Crippen molar-refractivity contribution in [2.24, 2.45) is 11.4 Å². The minimum Gasteiger partial charge on any atom is -0.412 e. The number of carbonyl (C=O) groups is 1. The van der Waals surface area contributed by atoms with Crippen LogP contribution in [0.3, 0.4) is 0 Å². The zero-order chi connectivity index (χ0) is 6.57. The molecule has 0 atom stereocenters. The van der Waals surface area contributed by atoms with E-state index < -0.39 is 13.3 Å². The van der Waals surface area contributed by atoms with Gasteiger partial charge in [0.2, 0.25) is 0 Å². The van der Waals surface area contributed by atoms with E-state index in [-0.39, 0.29) is 0 Å². The van der Waals surface area contributed by atoms with Crippen LogP contribution >= 0.6 is 0 Å². The third-order valence-electron chi connectivity index (χ3n) is 0.280. The van der Waals surface area contributed by atoms with Crippen molar-refractivity contribution in [3.63, 3.8) is 0 Å². The van der Waals surface area contributed by atoms with E-state index in [0.717, 1.165) is 0 Å². The standard InChI is InChI=1S/CH6BN3O3/c3-1(6)5-8-2(4)7/h7H,4H2,(H3,3,5,6). The molecule has 0 unspecified atom stereocenters. The molecule has 2 amide bonds. The summed E-state index contributed by atoms with van der Waals surface area (Å²) in [6, 6.07) is -0.908. The SMILES string of the molecule is NB(O)ONC(N)=O. The van der Waals surface area contributed by atoms with E-state index in [0.29, 0.717) is 0 Å². The van der Waals surface area contributed by atoms with E-state index in [1.807, 2.05) is 0 Å². The summed E-state index contributed by atoms with van der Waals surface area (Å²) in [5.74, 6) is 0. The molecule has 0 aliphatic heterocycles. The Balaban J connectivity index is 3.05. The molecule has 0 saturated carbocycles. The van der Waals surface area contributed by atoms with Gasteiger partial charge in [0.25, 0.3) is 0 Å². The van der Waals surface area contributed by atoms with Crippen LogP contribution in [-0.2, 0) is 4.76 Å². The smallest absolute Gasteiger partial charge is 0.412 e. The largest absolute Gasteiger partial charge is 0.571 e. The molecule has 6 nitrogen and oxygen atoms in total. The summed E-state index contributed by atoms with van der Waals surface area (Å²) >= 11 is 0. The molecule has 0 aromatic carbocycles. The Kier molecular flexibility index (Phi) is 2.93. The average molecular weight is 119 g/mol. The Labute approximate surface area is 45.9 Å². The van der Waals surface area contributed by atoms with E-state index in [2.05, 4.69) is 16.1 Å². The molecule has 7 heteroatoms. The van der Waals surface area contributed by atoms with Gasteiger partial charge in [-0.2, -0.15) is 0 Å². The molecular formula is CH6BN3O3. The first kappa shape index (κ1) is 7.21. The predicted octanol–water partition coefficient (Wildman–Crippen LogP) is -2.48. The fourth-order valence-corrected chi connectivity index (χ4v) is 0.118. The first-order chi connectivity index (χ1) is 3.63. The summed E-state index contributed by atoms with van der Waals surface area (Å²) in [7, 11) is -1.53. The fraction of sp³-hybridized carbons (Fsp3) is 0. The van der Waals surface area contributed by atoms with Crippen molar-refractivity contribution in [2.45, 2.75) is 0 Å². The number of urea groups is 1. The lowest BCUT2D eigenvalue weighted by Gasteiger charge is -1.98. The molecule has 0 radical (unpaired) electrons. The number of nitrogens with one attached hydrogen (secondary N) is 1. The van der Waals surface area contributed by atoms with Crippen molar-refractivity contribution in [2.75, 3.05) is 0 Å². The predicted molar refractivity (Wildman–Crippen MR) is 26.0 cm³/mol. The lowest BCUT2D eigenvalue weighted by Crippen LogP contribution is -2.40. The van der Waals surface area contributed by atoms with Crippen LogP contribution in [0.5, 0.6) is 0 Å². The first-order valence-electron chi connectivity index (χ1n) is 1.77. The van der Waals surface area contributed by atoms with Gasteiger partial charge >= 0.3 is 13.3 Å². The summed E-state index contributed by atoms with van der Waals surface area (Å²) < 4.78 is 3.91. The van der Waals surface area contributed by atoms with Gasteiger partial charge in [0.05, 0.1) is 0 Å². The van der Waals surface area contributed by atoms with Crippen molar-refractivity contribution in [1.29, 1.82) is 0 Å². The second-order valence-corrected chi connectivity index (χ2v) is 0.975. The molecule has 46 valence electrons. The van der Waals surface area contributed by atoms with Gasteiger partial charge in [-0.15, -0.1) is 0 Å². The second-order valence-electron chi connectivity index (χ2n) is 0.975. The minimum atomic E-state index is -1.53. The lowest BCUT2D eigenvalue weighted by molar-refractivity contribution is 0.162. The number of hydrogen-bond acceptors (Lipinski definition) is 4. The van der Waals surface area contributed by atoms with Crippen LogP contribution in [0, 0.1) is 0 Å². The van der Waals surface area contributed by atoms with E-state index >= 15 is 0 Å². The zero-order valence-corrected chi connectivity index (χ0v) is 4.00. The van der Waals surface area contributed by atoms with Crippen LogP contribution in [0.15, 0.2) is 0 Å². The van der Waals surface area contributed by atoms with Crippen LogP contribution in [0.25, 0.3) is 0 Å². The summed E-state index contributed by atoms with van der Waals surface area (Å²) in [5, 5.41) is 8.09. The molecule has 6 N–H and O–H groups in total. The molecule has 0 aromatic heterocycles. The average Bonchev–Trinajstić information content (AvgIpc) is 1.61. The minimum absolute atomic E-state index is 0.908. The number of amides is 2. The van der Waals surface area contributed by atoms with Crippen LogP contribution in [-0.4, -0.2) is 18.3 Å². The van der Waals surface area contributed by atoms with Gasteiger partial charge in [-0.25, -0.2) is 10.3 Å². The molecular weight excluding hydrogens is 113 g/mol. The van der Waals surface area contributed by atoms with E-state index in [1.165, 1.54) is 0 Å². The van der Waals surface area contributed by atoms with Crippen molar-refractivity contribution < 1.29 is 14.6 Å². The Morgan fingerprint density at radius 2 is 2.38 bits per heavy atom. The van der Waals surface area contributed by atoms with E-state index in [1.54, 1.807) is 5.48 Å². The number of primary amides is 1. The Morgan fingerprint density at radius 1 is 1.88 bits per heavy atom. The number of nitrogens with two attached hydrogens (primary N) is 2. The molecule has 8 heavy (non-hydrogen) atoms. The summed E-state index contributed by atoms with van der Waals surface area (Å²) in [4.78, 5) is 9.72.